The van der Waals surface area contributed by atoms with Gasteiger partial charge in [-0.15, -0.1) is 0 Å². The van der Waals surface area contributed by atoms with Crippen LogP contribution in [0, 0.1) is 0 Å². The molecule has 21 heavy (non-hydrogen) atoms. The zero-order valence-electron chi connectivity index (χ0n) is 11.7. The normalized spacial score (nSPS) is 12.3. The first-order valence-electron chi connectivity index (χ1n) is 6.80. The third-order valence-electron chi connectivity index (χ3n) is 3.55. The van der Waals surface area contributed by atoms with E-state index >= 15 is 0 Å². The number of hydrogen-bond acceptors (Lipinski definition) is 3. The van der Waals surface area contributed by atoms with Crippen LogP contribution in [0.5, 0.6) is 0 Å². The predicted molar refractivity (Wildman–Crippen MR) is 89.6 cm³/mol. The molecule has 4 heteroatoms. The Morgan fingerprint density at radius 3 is 2.81 bits per heavy atom. The molecule has 1 unspecified atom stereocenters. The van der Waals surface area contributed by atoms with Crippen LogP contribution in [-0.4, -0.2) is 4.98 Å². The highest BCUT2D eigenvalue weighted by atomic mass is 35.5. The fraction of sp³-hybridized carbons (Fsp3) is 0.118. The molecule has 0 saturated carbocycles. The maximum Gasteiger partial charge on any atom is 0.0724 e. The number of hydrogen-bond donors (Lipinski definition) is 2. The Labute approximate surface area is 128 Å². The van der Waals surface area contributed by atoms with E-state index in [4.69, 9.17) is 17.3 Å². The van der Waals surface area contributed by atoms with Gasteiger partial charge < -0.3 is 11.1 Å². The molecule has 0 saturated heterocycles. The van der Waals surface area contributed by atoms with Gasteiger partial charge in [-0.05, 0) is 48.9 Å². The minimum atomic E-state index is 0.111. The van der Waals surface area contributed by atoms with Crippen molar-refractivity contribution in [1.82, 2.24) is 4.98 Å². The van der Waals surface area contributed by atoms with E-state index in [0.29, 0.717) is 0 Å². The third-order valence-corrected chi connectivity index (χ3v) is 3.78. The smallest absolute Gasteiger partial charge is 0.0724 e. The van der Waals surface area contributed by atoms with Crippen molar-refractivity contribution in [2.24, 2.45) is 0 Å². The summed E-state index contributed by atoms with van der Waals surface area (Å²) < 4.78 is 0. The molecule has 0 fully saturated rings. The molecule has 106 valence electrons. The zero-order chi connectivity index (χ0) is 14.8. The van der Waals surface area contributed by atoms with Crippen molar-refractivity contribution in [3.8, 4) is 0 Å². The number of anilines is 2. The molecule has 1 aromatic heterocycles. The summed E-state index contributed by atoms with van der Waals surface area (Å²) in [5.74, 6) is 0. The minimum Gasteiger partial charge on any atom is -0.397 e. The zero-order valence-corrected chi connectivity index (χ0v) is 12.4. The van der Waals surface area contributed by atoms with Crippen LogP contribution in [0.15, 0.2) is 54.7 Å². The van der Waals surface area contributed by atoms with E-state index < -0.39 is 0 Å². The van der Waals surface area contributed by atoms with Crippen molar-refractivity contribution in [2.75, 3.05) is 11.1 Å². The Morgan fingerprint density at radius 2 is 2.00 bits per heavy atom. The Balaban J connectivity index is 1.93. The largest absolute Gasteiger partial charge is 0.397 e. The molecule has 0 amide bonds. The predicted octanol–water partition coefficient (Wildman–Crippen LogP) is 4.64. The van der Waals surface area contributed by atoms with Crippen LogP contribution in [0.3, 0.4) is 0 Å². The van der Waals surface area contributed by atoms with Gasteiger partial charge in [0.15, 0.2) is 0 Å². The van der Waals surface area contributed by atoms with Crippen LogP contribution in [0.4, 0.5) is 11.4 Å². The van der Waals surface area contributed by atoms with E-state index in [-0.39, 0.29) is 6.04 Å². The first kappa shape index (κ1) is 13.7. The van der Waals surface area contributed by atoms with Gasteiger partial charge in [0.1, 0.15) is 0 Å². The van der Waals surface area contributed by atoms with Crippen molar-refractivity contribution in [2.45, 2.75) is 13.0 Å². The average Bonchev–Trinajstić information content (AvgIpc) is 2.50. The van der Waals surface area contributed by atoms with Gasteiger partial charge in [0.05, 0.1) is 16.9 Å². The molecule has 1 heterocycles. The van der Waals surface area contributed by atoms with Gasteiger partial charge in [-0.2, -0.15) is 0 Å². The summed E-state index contributed by atoms with van der Waals surface area (Å²) in [4.78, 5) is 4.31. The molecule has 3 rings (SSSR count). The first-order chi connectivity index (χ1) is 10.1. The van der Waals surface area contributed by atoms with Crippen LogP contribution in [0.2, 0.25) is 5.02 Å². The summed E-state index contributed by atoms with van der Waals surface area (Å²) in [6.07, 6.45) is 1.77. The average molecular weight is 298 g/mol. The molecule has 2 aromatic carbocycles. The number of rotatable bonds is 3. The summed E-state index contributed by atoms with van der Waals surface area (Å²) in [5, 5.41) is 5.13. The third kappa shape index (κ3) is 2.78. The van der Waals surface area contributed by atoms with E-state index in [1.165, 1.54) is 0 Å². The number of nitrogens with zero attached hydrogens (tertiary/aromatic N) is 1. The van der Waals surface area contributed by atoms with E-state index in [1.54, 1.807) is 6.20 Å². The molecule has 0 radical (unpaired) electrons. The van der Waals surface area contributed by atoms with E-state index in [1.807, 2.05) is 48.5 Å². The van der Waals surface area contributed by atoms with Crippen molar-refractivity contribution < 1.29 is 0 Å². The summed E-state index contributed by atoms with van der Waals surface area (Å²) in [6, 6.07) is 15.7. The number of fused-ring (bicyclic) bond motifs is 1. The van der Waals surface area contributed by atoms with Crippen LogP contribution in [-0.2, 0) is 0 Å². The topological polar surface area (TPSA) is 50.9 Å². The van der Waals surface area contributed by atoms with Crippen molar-refractivity contribution >= 4 is 33.9 Å². The molecule has 0 spiro atoms. The highest BCUT2D eigenvalue weighted by molar-refractivity contribution is 6.30. The number of nitrogens with one attached hydrogen (secondary N) is 1. The number of benzene rings is 2. The lowest BCUT2D eigenvalue weighted by Crippen LogP contribution is -2.08. The Bertz CT molecular complexity index is 786. The van der Waals surface area contributed by atoms with Crippen LogP contribution >= 0.6 is 11.6 Å². The lowest BCUT2D eigenvalue weighted by atomic mass is 10.1. The molecular formula is C17H16ClN3. The summed E-state index contributed by atoms with van der Waals surface area (Å²) >= 11 is 6.04. The second-order valence-electron chi connectivity index (χ2n) is 5.02. The summed E-state index contributed by atoms with van der Waals surface area (Å²) in [6.45, 7) is 2.08. The highest BCUT2D eigenvalue weighted by Gasteiger charge is 2.10. The van der Waals surface area contributed by atoms with Crippen molar-refractivity contribution in [1.29, 1.82) is 0 Å². The van der Waals surface area contributed by atoms with Crippen LogP contribution in [0.1, 0.15) is 18.5 Å². The van der Waals surface area contributed by atoms with Gasteiger partial charge in [0.25, 0.3) is 0 Å². The number of halogens is 1. The molecule has 3 aromatic rings. The van der Waals surface area contributed by atoms with Gasteiger partial charge in [-0.1, -0.05) is 23.7 Å². The molecule has 3 nitrogen and oxygen atoms in total. The fourth-order valence-electron chi connectivity index (χ4n) is 2.39. The summed E-state index contributed by atoms with van der Waals surface area (Å²) in [5.41, 5.74) is 9.89. The van der Waals surface area contributed by atoms with E-state index in [0.717, 1.165) is 32.9 Å². The first-order valence-corrected chi connectivity index (χ1v) is 7.18. The van der Waals surface area contributed by atoms with Crippen molar-refractivity contribution in [3.63, 3.8) is 0 Å². The fourth-order valence-corrected chi connectivity index (χ4v) is 2.59. The second kappa shape index (κ2) is 5.62. The van der Waals surface area contributed by atoms with Gasteiger partial charge in [-0.3, -0.25) is 4.98 Å². The molecule has 1 atom stereocenters. The standard InChI is InChI=1S/C17H16ClN3/c1-11(12-4-2-5-13(18)10-12)21-16-8-7-15-14(17(16)19)6-3-9-20-15/h2-11,21H,19H2,1H3. The van der Waals surface area contributed by atoms with E-state index in [9.17, 15) is 0 Å². The number of pyridine rings is 1. The van der Waals surface area contributed by atoms with Gasteiger partial charge in [0.2, 0.25) is 0 Å². The lowest BCUT2D eigenvalue weighted by Gasteiger charge is -2.18. The second-order valence-corrected chi connectivity index (χ2v) is 5.45. The number of aromatic nitrogens is 1. The molecule has 3 N–H and O–H groups in total. The molecule has 0 aliphatic rings. The monoisotopic (exact) mass is 297 g/mol. The SMILES string of the molecule is CC(Nc1ccc2ncccc2c1N)c1cccc(Cl)c1. The quantitative estimate of drug-likeness (QED) is 0.692. The number of nitrogens with two attached hydrogens (primary N) is 1. The van der Waals surface area contributed by atoms with Crippen molar-refractivity contribution in [3.05, 3.63) is 65.3 Å². The van der Waals surface area contributed by atoms with Gasteiger partial charge in [0, 0.05) is 22.6 Å². The Kier molecular flexibility index (Phi) is 3.67. The van der Waals surface area contributed by atoms with Gasteiger partial charge >= 0.3 is 0 Å². The Morgan fingerprint density at radius 1 is 1.14 bits per heavy atom. The van der Waals surface area contributed by atoms with Crippen LogP contribution in [0.25, 0.3) is 10.9 Å². The molecule has 0 aliphatic carbocycles. The Hall–Kier alpha value is -2.26. The molecular weight excluding hydrogens is 282 g/mol. The van der Waals surface area contributed by atoms with Gasteiger partial charge in [-0.25, -0.2) is 0 Å². The van der Waals surface area contributed by atoms with E-state index in [2.05, 4.69) is 17.2 Å². The highest BCUT2D eigenvalue weighted by Crippen LogP contribution is 2.30. The minimum absolute atomic E-state index is 0.111. The summed E-state index contributed by atoms with van der Waals surface area (Å²) in [7, 11) is 0. The number of nitrogen functional groups attached to an aromatic ring is 1. The maximum absolute atomic E-state index is 6.25. The molecule has 0 bridgehead atoms. The van der Waals surface area contributed by atoms with Crippen LogP contribution < -0.4 is 11.1 Å². The maximum atomic E-state index is 6.25. The molecule has 0 aliphatic heterocycles. The lowest BCUT2D eigenvalue weighted by molar-refractivity contribution is 0.886.